The lowest BCUT2D eigenvalue weighted by Gasteiger charge is -2.09. The van der Waals surface area contributed by atoms with Crippen molar-refractivity contribution in [3.8, 4) is 0 Å². The van der Waals surface area contributed by atoms with Crippen LogP contribution in [-0.2, 0) is 13.6 Å². The van der Waals surface area contributed by atoms with Crippen molar-refractivity contribution < 1.29 is 0 Å². The zero-order valence-corrected chi connectivity index (χ0v) is 8.66. The second kappa shape index (κ2) is 4.00. The number of nitrogens with zero attached hydrogens (tertiary/aromatic N) is 2. The largest absolute Gasteiger partial charge is 0.384 e. The van der Waals surface area contributed by atoms with Crippen LogP contribution in [0.2, 0.25) is 0 Å². The summed E-state index contributed by atoms with van der Waals surface area (Å²) < 4.78 is 1.71. The number of aromatic nitrogens is 2. The van der Waals surface area contributed by atoms with Crippen molar-refractivity contribution in [2.45, 2.75) is 38.3 Å². The van der Waals surface area contributed by atoms with Crippen molar-refractivity contribution in [2.24, 2.45) is 7.05 Å². The molecule has 0 spiro atoms. The Morgan fingerprint density at radius 1 is 1.57 bits per heavy atom. The van der Waals surface area contributed by atoms with Crippen LogP contribution in [0.3, 0.4) is 0 Å². The molecule has 0 aliphatic heterocycles. The maximum atomic E-state index is 5.70. The number of nitrogen functional groups attached to an aromatic ring is 1. The zero-order valence-electron chi connectivity index (χ0n) is 8.66. The molecule has 1 saturated carbocycles. The molecule has 0 amide bonds. The van der Waals surface area contributed by atoms with Gasteiger partial charge in [-0.15, -0.1) is 0 Å². The molecule has 1 aromatic rings. The van der Waals surface area contributed by atoms with Gasteiger partial charge in [0, 0.05) is 25.7 Å². The van der Waals surface area contributed by atoms with Crippen LogP contribution in [0.25, 0.3) is 0 Å². The molecule has 1 aliphatic carbocycles. The molecule has 0 atom stereocenters. The highest BCUT2D eigenvalue weighted by atomic mass is 15.3. The topological polar surface area (TPSA) is 55.9 Å². The van der Waals surface area contributed by atoms with Gasteiger partial charge in [-0.1, -0.05) is 12.8 Å². The minimum absolute atomic E-state index is 0.693. The first-order valence-corrected chi connectivity index (χ1v) is 5.27. The molecule has 3 N–H and O–H groups in total. The van der Waals surface area contributed by atoms with Gasteiger partial charge in [-0.25, -0.2) is 0 Å². The van der Waals surface area contributed by atoms with Gasteiger partial charge >= 0.3 is 0 Å². The van der Waals surface area contributed by atoms with Crippen LogP contribution in [0.5, 0.6) is 0 Å². The van der Waals surface area contributed by atoms with Crippen molar-refractivity contribution in [3.63, 3.8) is 0 Å². The van der Waals surface area contributed by atoms with Gasteiger partial charge in [0.25, 0.3) is 0 Å². The maximum absolute atomic E-state index is 5.70. The highest BCUT2D eigenvalue weighted by Crippen LogP contribution is 2.18. The molecule has 1 heterocycles. The van der Waals surface area contributed by atoms with Crippen molar-refractivity contribution in [2.75, 3.05) is 5.73 Å². The van der Waals surface area contributed by atoms with Gasteiger partial charge in [-0.2, -0.15) is 5.10 Å². The smallest absolute Gasteiger partial charge is 0.121 e. The zero-order chi connectivity index (χ0) is 9.97. The molecule has 14 heavy (non-hydrogen) atoms. The normalized spacial score (nSPS) is 17.8. The summed E-state index contributed by atoms with van der Waals surface area (Å²) in [6.45, 7) is 0.843. The van der Waals surface area contributed by atoms with Crippen LogP contribution >= 0.6 is 0 Å². The van der Waals surface area contributed by atoms with Crippen LogP contribution in [0, 0.1) is 0 Å². The lowest BCUT2D eigenvalue weighted by Crippen LogP contribution is -2.25. The third kappa shape index (κ3) is 2.07. The van der Waals surface area contributed by atoms with Gasteiger partial charge in [0.1, 0.15) is 5.82 Å². The first kappa shape index (κ1) is 9.52. The van der Waals surface area contributed by atoms with Crippen molar-refractivity contribution in [1.29, 1.82) is 0 Å². The fourth-order valence-corrected chi connectivity index (χ4v) is 2.01. The Morgan fingerprint density at radius 3 is 2.86 bits per heavy atom. The number of nitrogens with one attached hydrogen (secondary N) is 1. The van der Waals surface area contributed by atoms with E-state index in [1.165, 1.54) is 25.7 Å². The van der Waals surface area contributed by atoms with Crippen LogP contribution in [0.4, 0.5) is 5.82 Å². The molecule has 0 saturated heterocycles. The number of nitrogens with two attached hydrogens (primary N) is 1. The first-order valence-electron chi connectivity index (χ1n) is 5.27. The summed E-state index contributed by atoms with van der Waals surface area (Å²) in [6.07, 6.45) is 5.34. The van der Waals surface area contributed by atoms with Crippen LogP contribution in [-0.4, -0.2) is 15.8 Å². The summed E-state index contributed by atoms with van der Waals surface area (Å²) >= 11 is 0. The fraction of sp³-hybridized carbons (Fsp3) is 0.700. The maximum Gasteiger partial charge on any atom is 0.121 e. The molecule has 1 fully saturated rings. The Bertz CT molecular complexity index is 280. The summed E-state index contributed by atoms with van der Waals surface area (Å²) in [5.41, 5.74) is 6.74. The lowest BCUT2D eigenvalue weighted by atomic mass is 10.2. The van der Waals surface area contributed by atoms with E-state index in [-0.39, 0.29) is 0 Å². The number of anilines is 1. The number of rotatable bonds is 3. The van der Waals surface area contributed by atoms with Crippen LogP contribution in [0.1, 0.15) is 31.4 Å². The average Bonchev–Trinajstić information content (AvgIpc) is 2.74. The molecule has 0 unspecified atom stereocenters. The fourth-order valence-electron chi connectivity index (χ4n) is 2.01. The highest BCUT2D eigenvalue weighted by Gasteiger charge is 2.14. The van der Waals surface area contributed by atoms with E-state index < -0.39 is 0 Å². The average molecular weight is 194 g/mol. The number of hydrogen-bond acceptors (Lipinski definition) is 3. The Balaban J connectivity index is 1.85. The summed E-state index contributed by atoms with van der Waals surface area (Å²) in [6, 6.07) is 2.63. The predicted molar refractivity (Wildman–Crippen MR) is 56.7 cm³/mol. The summed E-state index contributed by atoms with van der Waals surface area (Å²) in [4.78, 5) is 0. The lowest BCUT2D eigenvalue weighted by molar-refractivity contribution is 0.516. The number of aryl methyl sites for hydroxylation is 1. The monoisotopic (exact) mass is 194 g/mol. The molecule has 0 bridgehead atoms. The van der Waals surface area contributed by atoms with Gasteiger partial charge in [-0.3, -0.25) is 4.68 Å². The predicted octanol–water partition coefficient (Wildman–Crippen LogP) is 1.03. The molecule has 0 aromatic carbocycles. The van der Waals surface area contributed by atoms with E-state index >= 15 is 0 Å². The Hall–Kier alpha value is -1.03. The summed E-state index contributed by atoms with van der Waals surface area (Å²) in [5.74, 6) is 0.730. The summed E-state index contributed by atoms with van der Waals surface area (Å²) in [5, 5.41) is 7.81. The van der Waals surface area contributed by atoms with Gasteiger partial charge in [0.05, 0.1) is 5.69 Å². The van der Waals surface area contributed by atoms with Crippen LogP contribution < -0.4 is 11.1 Å². The quantitative estimate of drug-likeness (QED) is 0.755. The van der Waals surface area contributed by atoms with Gasteiger partial charge in [-0.05, 0) is 12.8 Å². The molecule has 2 rings (SSSR count). The SMILES string of the molecule is Cn1nc(CNC2CCCC2)cc1N. The van der Waals surface area contributed by atoms with Crippen molar-refractivity contribution in [1.82, 2.24) is 15.1 Å². The van der Waals surface area contributed by atoms with Gasteiger partial charge in [0.15, 0.2) is 0 Å². The van der Waals surface area contributed by atoms with Crippen molar-refractivity contribution >= 4 is 5.82 Å². The molecule has 1 aliphatic rings. The Kier molecular flexibility index (Phi) is 2.72. The minimum Gasteiger partial charge on any atom is -0.384 e. The first-order chi connectivity index (χ1) is 6.75. The van der Waals surface area contributed by atoms with E-state index in [1.807, 2.05) is 13.1 Å². The van der Waals surface area contributed by atoms with Gasteiger partial charge in [0.2, 0.25) is 0 Å². The van der Waals surface area contributed by atoms with Crippen molar-refractivity contribution in [3.05, 3.63) is 11.8 Å². The molecule has 78 valence electrons. The van der Waals surface area contributed by atoms with Crippen LogP contribution in [0.15, 0.2) is 6.07 Å². The van der Waals surface area contributed by atoms with Gasteiger partial charge < -0.3 is 11.1 Å². The molecular formula is C10H18N4. The molecule has 0 radical (unpaired) electrons. The van der Waals surface area contributed by atoms with E-state index in [9.17, 15) is 0 Å². The van der Waals surface area contributed by atoms with E-state index in [2.05, 4.69) is 10.4 Å². The third-order valence-electron chi connectivity index (χ3n) is 2.89. The second-order valence-electron chi connectivity index (χ2n) is 4.05. The Labute approximate surface area is 84.5 Å². The van der Waals surface area contributed by atoms with E-state index in [0.29, 0.717) is 6.04 Å². The molecule has 4 heteroatoms. The second-order valence-corrected chi connectivity index (χ2v) is 4.05. The highest BCUT2D eigenvalue weighted by molar-refractivity contribution is 5.30. The van der Waals surface area contributed by atoms with E-state index in [4.69, 9.17) is 5.73 Å². The standard InChI is InChI=1S/C10H18N4/c1-14-10(11)6-9(13-14)7-12-8-4-2-3-5-8/h6,8,12H,2-5,7,11H2,1H3. The van der Waals surface area contributed by atoms with E-state index in [0.717, 1.165) is 18.1 Å². The molecule has 4 nitrogen and oxygen atoms in total. The Morgan fingerprint density at radius 2 is 2.29 bits per heavy atom. The summed E-state index contributed by atoms with van der Waals surface area (Å²) in [7, 11) is 1.87. The van der Waals surface area contributed by atoms with E-state index in [1.54, 1.807) is 4.68 Å². The molecular weight excluding hydrogens is 176 g/mol. The molecule has 1 aromatic heterocycles. The number of hydrogen-bond donors (Lipinski definition) is 2. The third-order valence-corrected chi connectivity index (χ3v) is 2.89. The minimum atomic E-state index is 0.693.